The Morgan fingerprint density at radius 2 is 0.478 bits per heavy atom. The molecule has 2 aliphatic rings. The lowest BCUT2D eigenvalue weighted by Crippen LogP contribution is -2.61. The van der Waals surface area contributed by atoms with Gasteiger partial charge in [0.25, 0.3) is 6.71 Å². The largest absolute Gasteiger partial charge is 0.310 e. The van der Waals surface area contributed by atoms with Gasteiger partial charge in [-0.2, -0.15) is 0 Å². The normalized spacial score (nSPS) is 13.5. The van der Waals surface area contributed by atoms with E-state index in [2.05, 4.69) is 528 Å². The number of anilines is 6. The number of nitrogens with zero attached hydrogens (tertiary/aromatic N) is 4. The van der Waals surface area contributed by atoms with Crippen molar-refractivity contribution in [2.45, 2.75) is 184 Å². The van der Waals surface area contributed by atoms with Gasteiger partial charge in [0.1, 0.15) is 0 Å². The van der Waals surface area contributed by atoms with E-state index in [0.717, 1.165) is 195 Å². The fourth-order valence-corrected chi connectivity index (χ4v) is 21.2. The highest BCUT2D eigenvalue weighted by Gasteiger charge is 2.47. The van der Waals surface area contributed by atoms with E-state index in [4.69, 9.17) is 0 Å². The molecular formula is C131H125BN4. The smallest absolute Gasteiger partial charge is 0.252 e. The SMILES string of the molecule is [2H]C([2H])(c1cc2c3c(c1)N(c1c(-c4cccc(C(C)(C)C)c4)cc(C(C)(C)C)cc1-c1cccc(C(C)(C)C)c1)c1cc(-n4c5ccc(-c6ccccc6)cc5c5cc(-c6ccccc6)ccc54)ccc1B3c1ccc(-n3c4ccc(-c5ccccc5)cc4c4cc(-c5ccccc5)ccc43)cc1N2c1c(-c2cccc(C(C)(C)C)c2)cc(C(C)(C)C)cc1-c1cccc(C(C)(C)C)c1)C(C)(C)C. The predicted molar refractivity (Wildman–Crippen MR) is 588 cm³/mol. The van der Waals surface area contributed by atoms with Gasteiger partial charge in [-0.15, -0.1) is 0 Å². The summed E-state index contributed by atoms with van der Waals surface area (Å²) in [7, 11) is 0. The number of hydrogen-bond acceptors (Lipinski definition) is 2. The minimum Gasteiger partial charge on any atom is -0.310 e. The summed E-state index contributed by atoms with van der Waals surface area (Å²) in [5.74, 6) is 0. The second-order valence-corrected chi connectivity index (χ2v) is 45.6. The van der Waals surface area contributed by atoms with Gasteiger partial charge in [0.15, 0.2) is 0 Å². The molecule has 4 nitrogen and oxygen atoms in total. The van der Waals surface area contributed by atoms with Crippen LogP contribution in [-0.2, 0) is 38.9 Å². The maximum Gasteiger partial charge on any atom is 0.252 e. The first kappa shape index (κ1) is 86.1. The maximum atomic E-state index is 11.4. The van der Waals surface area contributed by atoms with Crippen molar-refractivity contribution in [2.75, 3.05) is 9.80 Å². The van der Waals surface area contributed by atoms with E-state index in [1.165, 1.54) is 33.4 Å². The molecule has 5 heteroatoms. The Hall–Kier alpha value is -14.0. The highest BCUT2D eigenvalue weighted by Crippen LogP contribution is 2.57. The molecule has 4 heterocycles. The molecule has 0 unspecified atom stereocenters. The molecule has 0 amide bonds. The third-order valence-corrected chi connectivity index (χ3v) is 28.6. The second-order valence-electron chi connectivity index (χ2n) is 45.6. The zero-order valence-corrected chi connectivity index (χ0v) is 83.0. The van der Waals surface area contributed by atoms with E-state index < -0.39 is 18.5 Å². The van der Waals surface area contributed by atoms with Gasteiger partial charge in [-0.25, -0.2) is 0 Å². The quantitative estimate of drug-likeness (QED) is 0.107. The van der Waals surface area contributed by atoms with Gasteiger partial charge >= 0.3 is 0 Å². The number of aromatic nitrogens is 2. The molecule has 2 aliphatic heterocycles. The van der Waals surface area contributed by atoms with Crippen LogP contribution in [-0.4, -0.2) is 15.8 Å². The maximum absolute atomic E-state index is 11.4. The van der Waals surface area contributed by atoms with Gasteiger partial charge in [-0.3, -0.25) is 0 Å². The first-order chi connectivity index (χ1) is 65.6. The third kappa shape index (κ3) is 16.1. The number of fused-ring (bicyclic) bond motifs is 10. The Bertz CT molecular complexity index is 7250. The lowest BCUT2D eigenvalue weighted by molar-refractivity contribution is 0.411. The Morgan fingerprint density at radius 1 is 0.221 bits per heavy atom. The van der Waals surface area contributed by atoms with Crippen molar-refractivity contribution in [3.8, 4) is 100 Å². The first-order valence-corrected chi connectivity index (χ1v) is 48.9. The number of benzene rings is 17. The Balaban J connectivity index is 0.969. The summed E-state index contributed by atoms with van der Waals surface area (Å²) in [5, 5.41) is 4.61. The number of rotatable bonds is 13. The van der Waals surface area contributed by atoms with Gasteiger partial charge in [0, 0.05) is 80.7 Å². The van der Waals surface area contributed by atoms with Crippen LogP contribution in [0.5, 0.6) is 0 Å². The van der Waals surface area contributed by atoms with Gasteiger partial charge in [-0.1, -0.05) is 400 Å². The predicted octanol–water partition coefficient (Wildman–Crippen LogP) is 34.7. The van der Waals surface area contributed by atoms with E-state index >= 15 is 0 Å². The summed E-state index contributed by atoms with van der Waals surface area (Å²) in [6.45, 7) is 48.0. The minimum atomic E-state index is -1.98. The molecule has 0 N–H and O–H groups in total. The minimum absolute atomic E-state index is 0.222. The van der Waals surface area contributed by atoms with E-state index in [0.29, 0.717) is 5.56 Å². The van der Waals surface area contributed by atoms with E-state index in [1.807, 2.05) is 0 Å². The topological polar surface area (TPSA) is 16.3 Å². The molecule has 2 aromatic heterocycles. The zero-order valence-electron chi connectivity index (χ0n) is 85.0. The van der Waals surface area contributed by atoms with Crippen molar-refractivity contribution < 1.29 is 2.74 Å². The van der Waals surface area contributed by atoms with Gasteiger partial charge in [0.05, 0.1) is 33.4 Å². The molecule has 672 valence electrons. The molecule has 0 saturated carbocycles. The van der Waals surface area contributed by atoms with E-state index in [9.17, 15) is 2.74 Å². The summed E-state index contributed by atoms with van der Waals surface area (Å²) in [6, 6.07) is 139. The van der Waals surface area contributed by atoms with Crippen LogP contribution >= 0.6 is 0 Å². The highest BCUT2D eigenvalue weighted by molar-refractivity contribution is 7.00. The average molecular weight is 1770 g/mol. The van der Waals surface area contributed by atoms with E-state index in [-0.39, 0.29) is 32.5 Å². The molecule has 0 saturated heterocycles. The van der Waals surface area contributed by atoms with Crippen molar-refractivity contribution in [1.29, 1.82) is 0 Å². The van der Waals surface area contributed by atoms with E-state index in [1.54, 1.807) is 0 Å². The molecule has 0 bridgehead atoms. The zero-order chi connectivity index (χ0) is 96.6. The monoisotopic (exact) mass is 1770 g/mol. The summed E-state index contributed by atoms with van der Waals surface area (Å²) >= 11 is 0. The lowest BCUT2D eigenvalue weighted by atomic mass is 9.33. The van der Waals surface area contributed by atoms with Crippen LogP contribution in [0.1, 0.15) is 187 Å². The molecule has 0 aliphatic carbocycles. The van der Waals surface area contributed by atoms with Crippen molar-refractivity contribution >= 4 is 101 Å². The van der Waals surface area contributed by atoms with Crippen LogP contribution < -0.4 is 26.2 Å². The average Bonchev–Trinajstić information content (AvgIpc) is 1.61. The molecule has 17 aromatic carbocycles. The molecule has 0 fully saturated rings. The van der Waals surface area contributed by atoms with Gasteiger partial charge < -0.3 is 18.9 Å². The Morgan fingerprint density at radius 3 is 0.728 bits per heavy atom. The van der Waals surface area contributed by atoms with Crippen LogP contribution in [0.2, 0.25) is 0 Å². The molecule has 0 atom stereocenters. The molecule has 136 heavy (non-hydrogen) atoms. The lowest BCUT2D eigenvalue weighted by Gasteiger charge is -2.46. The number of hydrogen-bond donors (Lipinski definition) is 0. The second kappa shape index (κ2) is 32.9. The highest BCUT2D eigenvalue weighted by atomic mass is 15.2. The van der Waals surface area contributed by atoms with Crippen LogP contribution in [0, 0.1) is 5.41 Å². The van der Waals surface area contributed by atoms with Crippen LogP contribution in [0.15, 0.2) is 364 Å². The Labute approximate surface area is 810 Å². The fraction of sp³-hybridized carbons (Fsp3) is 0.221. The molecular weight excluding hydrogens is 1640 g/mol. The summed E-state index contributed by atoms with van der Waals surface area (Å²) in [5.41, 5.74) is 38.8. The summed E-state index contributed by atoms with van der Waals surface area (Å²) < 4.78 is 27.9. The van der Waals surface area contributed by atoms with Gasteiger partial charge in [-0.05, 0) is 276 Å². The van der Waals surface area contributed by atoms with Crippen LogP contribution in [0.4, 0.5) is 34.1 Å². The summed E-state index contributed by atoms with van der Waals surface area (Å²) in [6.07, 6.45) is -1.98. The standard InChI is InChI=1S/C131H125BN4/c1-125(2,3)82-83-66-120-122-121(67-83)136(124-106(94-48-36-52-98(70-94)128(10,11)12)78-101(131(19,20)21)79-107(124)95-49-37-53-99(71-95)129(13,14)15)119-81-103(134-116-64-56-90(86-42-30-24-31-43-86)74-110(116)111-75-91(57-65-117(111)134)87-44-32-25-33-45-87)59-61-113(119)132(122)112-60-58-102(133-114-62-54-88(84-38-26-22-27-39-84)72-108(114)109-73-89(55-63-115(109)133)85-40-28-23-29-41-85)80-118(112)135(120)123-104(92-46-34-50-96(68-92)126(4,5)6)76-100(130(16,17)18)77-105(123)93-47-35-51-97(69-93)127(7,8)9/h22-81H,82H2,1-21H3/i82D2. The van der Waals surface area contributed by atoms with Gasteiger partial charge in [0.2, 0.25) is 0 Å². The van der Waals surface area contributed by atoms with Crippen LogP contribution in [0.25, 0.3) is 144 Å². The molecule has 19 aromatic rings. The molecule has 21 rings (SSSR count). The van der Waals surface area contributed by atoms with Crippen LogP contribution in [0.3, 0.4) is 0 Å². The molecule has 0 radical (unpaired) electrons. The first-order valence-electron chi connectivity index (χ1n) is 49.9. The third-order valence-electron chi connectivity index (χ3n) is 28.6. The molecule has 0 spiro atoms. The van der Waals surface area contributed by atoms with Crippen molar-refractivity contribution in [1.82, 2.24) is 9.13 Å². The fourth-order valence-electron chi connectivity index (χ4n) is 21.2. The van der Waals surface area contributed by atoms with Crippen molar-refractivity contribution in [2.24, 2.45) is 5.41 Å². The Kier molecular flexibility index (Phi) is 20.9. The summed E-state index contributed by atoms with van der Waals surface area (Å²) in [4.78, 5) is 5.34. The van der Waals surface area contributed by atoms with Crippen molar-refractivity contribution in [3.05, 3.63) is 403 Å². The van der Waals surface area contributed by atoms with Crippen molar-refractivity contribution in [3.63, 3.8) is 0 Å².